The largest absolute Gasteiger partial charge is 0.417 e. The lowest BCUT2D eigenvalue weighted by molar-refractivity contribution is -0.137. The molecule has 0 saturated carbocycles. The molecule has 11 aromatic rings. The quantitative estimate of drug-likeness (QED) is 0.166. The highest BCUT2D eigenvalue weighted by molar-refractivity contribution is 6.12. The predicted molar refractivity (Wildman–Crippen MR) is 245 cm³/mol. The first-order valence-electron chi connectivity index (χ1n) is 20.4. The highest BCUT2D eigenvalue weighted by Gasteiger charge is 2.37. The van der Waals surface area contributed by atoms with E-state index in [0.717, 1.165) is 44.3 Å². The first-order valence-corrected chi connectivity index (χ1v) is 20.4. The molecule has 3 heterocycles. The molecule has 0 bridgehead atoms. The molecule has 0 saturated heterocycles. The van der Waals surface area contributed by atoms with Crippen molar-refractivity contribution in [1.82, 2.24) is 24.1 Å². The minimum atomic E-state index is -4.80. The molecule has 0 N–H and O–H groups in total. The molecule has 0 amide bonds. The lowest BCUT2D eigenvalue weighted by Gasteiger charge is -2.23. The van der Waals surface area contributed by atoms with Crippen LogP contribution in [0.25, 0.3) is 100 Å². The number of rotatable bonds is 6. The number of benzene rings is 8. The van der Waals surface area contributed by atoms with Gasteiger partial charge in [0.1, 0.15) is 0 Å². The maximum Gasteiger partial charge on any atom is 0.417 e. The van der Waals surface area contributed by atoms with E-state index in [-0.39, 0.29) is 22.6 Å². The molecule has 0 aliphatic rings. The Kier molecular flexibility index (Phi) is 8.89. The Bertz CT molecular complexity index is 3690. The van der Waals surface area contributed by atoms with E-state index in [1.807, 2.05) is 143 Å². The second-order valence-electron chi connectivity index (χ2n) is 15.4. The number of hydrogen-bond acceptors (Lipinski definition) is 5. The zero-order chi connectivity index (χ0) is 43.5. The molecule has 0 fully saturated rings. The minimum Gasteiger partial charge on any atom is -0.309 e. The van der Waals surface area contributed by atoms with E-state index < -0.39 is 11.7 Å². The standard InChI is InChI=1S/C54H30F3N7/c55-54(56,57)43-18-11-21-49(64-45-20-10-8-17-39(45)41-29-34(32-59)23-26-47(41)64)50(43)42-30-37(53-61-51(35-12-3-1-4-13-35)60-52(62-53)36-14-5-2-6-15-36)24-27-48(42)63-44-19-9-7-16-38(44)40-28-33(31-58)22-25-46(40)63/h1-30H. The molecule has 0 aliphatic heterocycles. The van der Waals surface area contributed by atoms with E-state index in [9.17, 15) is 10.5 Å². The van der Waals surface area contributed by atoms with Crippen LogP contribution in [0.5, 0.6) is 0 Å². The molecule has 8 aromatic carbocycles. The van der Waals surface area contributed by atoms with Crippen LogP contribution >= 0.6 is 0 Å². The summed E-state index contributed by atoms with van der Waals surface area (Å²) in [6.07, 6.45) is -4.80. The Balaban J connectivity index is 1.28. The van der Waals surface area contributed by atoms with Crippen molar-refractivity contribution in [2.75, 3.05) is 0 Å². The fourth-order valence-corrected chi connectivity index (χ4v) is 8.86. The average molecular weight is 834 g/mol. The fraction of sp³-hybridized carbons (Fsp3) is 0.0185. The van der Waals surface area contributed by atoms with Crippen molar-refractivity contribution in [3.63, 3.8) is 0 Å². The third kappa shape index (κ3) is 6.24. The van der Waals surface area contributed by atoms with Gasteiger partial charge in [-0.25, -0.2) is 15.0 Å². The van der Waals surface area contributed by atoms with Gasteiger partial charge in [-0.3, -0.25) is 0 Å². The van der Waals surface area contributed by atoms with Gasteiger partial charge in [0.15, 0.2) is 17.5 Å². The summed E-state index contributed by atoms with van der Waals surface area (Å²) in [6.45, 7) is 0. The smallest absolute Gasteiger partial charge is 0.309 e. The van der Waals surface area contributed by atoms with Crippen molar-refractivity contribution in [3.05, 3.63) is 199 Å². The number of hydrogen-bond donors (Lipinski definition) is 0. The number of alkyl halides is 3. The number of aromatic nitrogens is 5. The molecule has 7 nitrogen and oxygen atoms in total. The van der Waals surface area contributed by atoms with Gasteiger partial charge in [-0.2, -0.15) is 23.7 Å². The van der Waals surface area contributed by atoms with E-state index in [2.05, 4.69) is 12.1 Å². The van der Waals surface area contributed by atoms with Crippen molar-refractivity contribution < 1.29 is 13.2 Å². The van der Waals surface area contributed by atoms with E-state index in [4.69, 9.17) is 15.0 Å². The van der Waals surface area contributed by atoms with Crippen LogP contribution in [0.3, 0.4) is 0 Å². The number of nitrogens with zero attached hydrogens (tertiary/aromatic N) is 7. The molecule has 302 valence electrons. The second kappa shape index (κ2) is 14.9. The Labute approximate surface area is 363 Å². The normalized spacial score (nSPS) is 11.6. The maximum absolute atomic E-state index is 15.9. The molecule has 0 atom stereocenters. The van der Waals surface area contributed by atoms with Crippen LogP contribution in [0.15, 0.2) is 182 Å². The van der Waals surface area contributed by atoms with Gasteiger partial charge in [-0.05, 0) is 78.9 Å². The molecular formula is C54H30F3N7. The van der Waals surface area contributed by atoms with Gasteiger partial charge in [-0.1, -0.05) is 103 Å². The van der Waals surface area contributed by atoms with Gasteiger partial charge in [0.05, 0.1) is 62.3 Å². The maximum atomic E-state index is 15.9. The average Bonchev–Trinajstić information content (AvgIpc) is 3.85. The third-order valence-electron chi connectivity index (χ3n) is 11.7. The van der Waals surface area contributed by atoms with Crippen molar-refractivity contribution in [2.45, 2.75) is 6.18 Å². The molecule has 0 unspecified atom stereocenters. The van der Waals surface area contributed by atoms with Gasteiger partial charge in [-0.15, -0.1) is 0 Å². The summed E-state index contributed by atoms with van der Waals surface area (Å²) in [7, 11) is 0. The number of nitriles is 2. The van der Waals surface area contributed by atoms with E-state index >= 15 is 13.2 Å². The zero-order valence-electron chi connectivity index (χ0n) is 33.6. The molecule has 64 heavy (non-hydrogen) atoms. The van der Waals surface area contributed by atoms with Gasteiger partial charge in [0.2, 0.25) is 0 Å². The summed E-state index contributed by atoms with van der Waals surface area (Å²) in [5.41, 5.74) is 5.69. The van der Waals surface area contributed by atoms with Gasteiger partial charge >= 0.3 is 6.18 Å². The number of fused-ring (bicyclic) bond motifs is 6. The molecule has 3 aromatic heterocycles. The minimum absolute atomic E-state index is 0.0703. The monoisotopic (exact) mass is 833 g/mol. The van der Waals surface area contributed by atoms with E-state index in [0.29, 0.717) is 50.6 Å². The molecule has 10 heteroatoms. The third-order valence-corrected chi connectivity index (χ3v) is 11.7. The lowest BCUT2D eigenvalue weighted by Crippen LogP contribution is -2.11. The first-order chi connectivity index (χ1) is 31.3. The second-order valence-corrected chi connectivity index (χ2v) is 15.4. The van der Waals surface area contributed by atoms with Crippen LogP contribution in [-0.2, 0) is 6.18 Å². The Morgan fingerprint density at radius 1 is 0.406 bits per heavy atom. The summed E-state index contributed by atoms with van der Waals surface area (Å²) >= 11 is 0. The molecule has 0 aliphatic carbocycles. The molecular weight excluding hydrogens is 804 g/mol. The lowest BCUT2D eigenvalue weighted by atomic mass is 9.93. The van der Waals surface area contributed by atoms with Crippen LogP contribution in [0.1, 0.15) is 16.7 Å². The van der Waals surface area contributed by atoms with Crippen LogP contribution in [0.2, 0.25) is 0 Å². The summed E-state index contributed by atoms with van der Waals surface area (Å²) in [6, 6.07) is 58.9. The molecule has 0 spiro atoms. The first kappa shape index (κ1) is 38.1. The zero-order valence-corrected chi connectivity index (χ0v) is 33.6. The Morgan fingerprint density at radius 3 is 1.39 bits per heavy atom. The molecule has 11 rings (SSSR count). The summed E-state index contributed by atoms with van der Waals surface area (Å²) in [5.74, 6) is 1.08. The van der Waals surface area contributed by atoms with Crippen molar-refractivity contribution in [1.29, 1.82) is 10.5 Å². The summed E-state index contributed by atoms with van der Waals surface area (Å²) in [5, 5.41) is 22.9. The fourth-order valence-electron chi connectivity index (χ4n) is 8.86. The van der Waals surface area contributed by atoms with Crippen molar-refractivity contribution in [2.24, 2.45) is 0 Å². The highest BCUT2D eigenvalue weighted by atomic mass is 19.4. The van der Waals surface area contributed by atoms with Gasteiger partial charge < -0.3 is 9.13 Å². The topological polar surface area (TPSA) is 96.1 Å². The highest BCUT2D eigenvalue weighted by Crippen LogP contribution is 2.47. The van der Waals surface area contributed by atoms with E-state index in [1.165, 1.54) is 6.07 Å². The summed E-state index contributed by atoms with van der Waals surface area (Å²) in [4.78, 5) is 14.8. The van der Waals surface area contributed by atoms with E-state index in [1.54, 1.807) is 36.4 Å². The SMILES string of the molecule is N#Cc1ccc2c(c1)c1ccccc1n2-c1ccc(-c2nc(-c3ccccc3)nc(-c3ccccc3)n2)cc1-c1c(-n2c3ccccc3c3cc(C#N)ccc32)cccc1C(F)(F)F. The summed E-state index contributed by atoms with van der Waals surface area (Å²) < 4.78 is 51.6. The van der Waals surface area contributed by atoms with Crippen LogP contribution in [0, 0.1) is 22.7 Å². The van der Waals surface area contributed by atoms with Crippen LogP contribution < -0.4 is 0 Å². The van der Waals surface area contributed by atoms with Crippen molar-refractivity contribution >= 4 is 43.6 Å². The van der Waals surface area contributed by atoms with Gasteiger partial charge in [0.25, 0.3) is 0 Å². The number of para-hydroxylation sites is 2. The Morgan fingerprint density at radius 2 is 0.875 bits per heavy atom. The molecule has 0 radical (unpaired) electrons. The van der Waals surface area contributed by atoms with Crippen molar-refractivity contribution in [3.8, 4) is 68.8 Å². The number of halogens is 3. The van der Waals surface area contributed by atoms with Crippen LogP contribution in [-0.4, -0.2) is 24.1 Å². The van der Waals surface area contributed by atoms with Gasteiger partial charge in [0, 0.05) is 49.4 Å². The Hall–Kier alpha value is -8.86. The predicted octanol–water partition coefficient (Wildman–Crippen LogP) is 13.5. The van der Waals surface area contributed by atoms with Crippen LogP contribution in [0.4, 0.5) is 13.2 Å².